The lowest BCUT2D eigenvalue weighted by Gasteiger charge is -2.19. The van der Waals surface area contributed by atoms with Crippen molar-refractivity contribution >= 4 is 5.97 Å². The van der Waals surface area contributed by atoms with Crippen molar-refractivity contribution in [1.82, 2.24) is 0 Å². The van der Waals surface area contributed by atoms with E-state index in [1.54, 1.807) is 6.08 Å². The summed E-state index contributed by atoms with van der Waals surface area (Å²) in [5, 5.41) is 30.9. The van der Waals surface area contributed by atoms with Gasteiger partial charge in [0.2, 0.25) is 0 Å². The van der Waals surface area contributed by atoms with Crippen LogP contribution in [-0.4, -0.2) is 46.7 Å². The van der Waals surface area contributed by atoms with E-state index >= 15 is 0 Å². The first-order valence-electron chi connectivity index (χ1n) is 10.5. The molecule has 1 aliphatic carbocycles. The second-order valence-electron chi connectivity index (χ2n) is 7.76. The summed E-state index contributed by atoms with van der Waals surface area (Å²) in [7, 11) is 1.39. The summed E-state index contributed by atoms with van der Waals surface area (Å²) in [4.78, 5) is 11.1. The fraction of sp³-hybridized carbons (Fsp3) is 0.542. The lowest BCUT2D eigenvalue weighted by Crippen LogP contribution is -2.20. The third kappa shape index (κ3) is 8.13. The molecule has 1 fully saturated rings. The summed E-state index contributed by atoms with van der Waals surface area (Å²) < 4.78 is 4.61. The number of carbonyl (C=O) groups is 1. The van der Waals surface area contributed by atoms with Gasteiger partial charge in [0.1, 0.15) is 0 Å². The second kappa shape index (κ2) is 12.6. The Hall–Kier alpha value is -1.95. The van der Waals surface area contributed by atoms with Crippen molar-refractivity contribution in [3.05, 3.63) is 60.2 Å². The van der Waals surface area contributed by atoms with Gasteiger partial charge in [-0.05, 0) is 43.6 Å². The third-order valence-electron chi connectivity index (χ3n) is 5.60. The summed E-state index contributed by atoms with van der Waals surface area (Å²) >= 11 is 0. The summed E-state index contributed by atoms with van der Waals surface area (Å²) in [5.41, 5.74) is 1.19. The molecule has 0 aromatic heterocycles. The monoisotopic (exact) mass is 402 g/mol. The van der Waals surface area contributed by atoms with Crippen LogP contribution in [-0.2, 0) is 16.0 Å². The fourth-order valence-corrected chi connectivity index (χ4v) is 3.86. The number of esters is 1. The molecular weight excluding hydrogens is 368 g/mol. The SMILES string of the molecule is COC(=O)CCC/C=C/CC1C(O)CC(O)C1/C=C/C(O)CCc1ccccc1. The summed E-state index contributed by atoms with van der Waals surface area (Å²) in [6.07, 6.45) is 10.3. The highest BCUT2D eigenvalue weighted by molar-refractivity contribution is 5.69. The summed E-state index contributed by atoms with van der Waals surface area (Å²) in [5.74, 6) is -0.445. The quantitative estimate of drug-likeness (QED) is 0.301. The molecular formula is C24H34O5. The number of aliphatic hydroxyl groups is 3. The van der Waals surface area contributed by atoms with Gasteiger partial charge < -0.3 is 20.1 Å². The zero-order valence-electron chi connectivity index (χ0n) is 17.2. The zero-order chi connectivity index (χ0) is 21.1. The molecule has 1 aromatic carbocycles. The van der Waals surface area contributed by atoms with Crippen molar-refractivity contribution in [2.45, 2.75) is 63.3 Å². The van der Waals surface area contributed by atoms with Crippen LogP contribution in [0.25, 0.3) is 0 Å². The summed E-state index contributed by atoms with van der Waals surface area (Å²) in [6.45, 7) is 0. The van der Waals surface area contributed by atoms with Gasteiger partial charge in [-0.25, -0.2) is 0 Å². The van der Waals surface area contributed by atoms with Crippen LogP contribution in [0.3, 0.4) is 0 Å². The van der Waals surface area contributed by atoms with Crippen LogP contribution >= 0.6 is 0 Å². The van der Waals surface area contributed by atoms with Gasteiger partial charge in [-0.2, -0.15) is 0 Å². The number of allylic oxidation sites excluding steroid dienone is 2. The smallest absolute Gasteiger partial charge is 0.305 e. The van der Waals surface area contributed by atoms with Crippen molar-refractivity contribution in [3.8, 4) is 0 Å². The molecule has 1 saturated carbocycles. The van der Waals surface area contributed by atoms with E-state index < -0.39 is 18.3 Å². The first-order chi connectivity index (χ1) is 14.0. The topological polar surface area (TPSA) is 87.0 Å². The molecule has 2 rings (SSSR count). The molecule has 1 aliphatic rings. The van der Waals surface area contributed by atoms with E-state index in [1.807, 2.05) is 48.6 Å². The molecule has 1 aromatic rings. The maximum absolute atomic E-state index is 11.1. The molecule has 0 spiro atoms. The molecule has 0 bridgehead atoms. The van der Waals surface area contributed by atoms with E-state index in [2.05, 4.69) is 4.74 Å². The van der Waals surface area contributed by atoms with E-state index in [0.29, 0.717) is 25.7 Å². The number of hydrogen-bond acceptors (Lipinski definition) is 5. The maximum Gasteiger partial charge on any atom is 0.305 e. The Bertz CT molecular complexity index is 654. The Labute approximate surface area is 173 Å². The number of rotatable bonds is 11. The largest absolute Gasteiger partial charge is 0.469 e. The molecule has 0 radical (unpaired) electrons. The average molecular weight is 403 g/mol. The lowest BCUT2D eigenvalue weighted by atomic mass is 9.89. The van der Waals surface area contributed by atoms with Gasteiger partial charge in [0.05, 0.1) is 25.4 Å². The Morgan fingerprint density at radius 3 is 2.69 bits per heavy atom. The van der Waals surface area contributed by atoms with Gasteiger partial charge in [0, 0.05) is 18.8 Å². The molecule has 5 nitrogen and oxygen atoms in total. The molecule has 0 amide bonds. The fourth-order valence-electron chi connectivity index (χ4n) is 3.86. The number of methoxy groups -OCH3 is 1. The highest BCUT2D eigenvalue weighted by atomic mass is 16.5. The van der Waals surface area contributed by atoms with Gasteiger partial charge in [-0.15, -0.1) is 0 Å². The highest BCUT2D eigenvalue weighted by Crippen LogP contribution is 2.36. The van der Waals surface area contributed by atoms with Crippen LogP contribution < -0.4 is 0 Å². The number of benzene rings is 1. The van der Waals surface area contributed by atoms with Gasteiger partial charge in [-0.1, -0.05) is 54.6 Å². The Balaban J connectivity index is 1.80. The molecule has 5 heteroatoms. The molecule has 5 unspecified atom stereocenters. The molecule has 0 heterocycles. The first kappa shape index (κ1) is 23.3. The van der Waals surface area contributed by atoms with Crippen molar-refractivity contribution in [3.63, 3.8) is 0 Å². The maximum atomic E-state index is 11.1. The zero-order valence-corrected chi connectivity index (χ0v) is 17.2. The number of carbonyl (C=O) groups excluding carboxylic acids is 1. The molecule has 0 aliphatic heterocycles. The Morgan fingerprint density at radius 2 is 1.97 bits per heavy atom. The van der Waals surface area contributed by atoms with Crippen LogP contribution in [0.2, 0.25) is 0 Å². The average Bonchev–Trinajstić information content (AvgIpc) is 3.00. The Morgan fingerprint density at radius 1 is 1.21 bits per heavy atom. The van der Waals surface area contributed by atoms with E-state index in [-0.39, 0.29) is 17.8 Å². The van der Waals surface area contributed by atoms with Crippen LogP contribution in [0, 0.1) is 11.8 Å². The van der Waals surface area contributed by atoms with Crippen molar-refractivity contribution in [2.24, 2.45) is 11.8 Å². The minimum absolute atomic E-state index is 0.0700. The standard InChI is InChI=1S/C24H34O5/c1-29-24(28)12-8-3-2-7-11-20-21(23(27)17-22(20)26)16-15-19(25)14-13-18-9-5-4-6-10-18/h2,4-7,9-10,15-16,19-23,25-27H,3,8,11-14,17H2,1H3/b7-2+,16-15+. The van der Waals surface area contributed by atoms with Crippen LogP contribution in [0.4, 0.5) is 0 Å². The van der Waals surface area contributed by atoms with Gasteiger partial charge in [-0.3, -0.25) is 4.79 Å². The van der Waals surface area contributed by atoms with Crippen molar-refractivity contribution < 1.29 is 24.9 Å². The minimum Gasteiger partial charge on any atom is -0.469 e. The minimum atomic E-state index is -0.597. The Kier molecular flexibility index (Phi) is 10.1. The van der Waals surface area contributed by atoms with Gasteiger partial charge >= 0.3 is 5.97 Å². The van der Waals surface area contributed by atoms with E-state index in [9.17, 15) is 20.1 Å². The summed E-state index contributed by atoms with van der Waals surface area (Å²) in [6, 6.07) is 10.0. The van der Waals surface area contributed by atoms with Gasteiger partial charge in [0.15, 0.2) is 0 Å². The molecule has 0 saturated heterocycles. The van der Waals surface area contributed by atoms with Crippen LogP contribution in [0.5, 0.6) is 0 Å². The normalized spacial score (nSPS) is 25.7. The number of unbranched alkanes of at least 4 members (excludes halogenated alkanes) is 1. The van der Waals surface area contributed by atoms with Crippen LogP contribution in [0.1, 0.15) is 44.1 Å². The van der Waals surface area contributed by atoms with Crippen molar-refractivity contribution in [2.75, 3.05) is 7.11 Å². The van der Waals surface area contributed by atoms with Crippen molar-refractivity contribution in [1.29, 1.82) is 0 Å². The molecule has 160 valence electrons. The molecule has 29 heavy (non-hydrogen) atoms. The number of aryl methyl sites for hydroxylation is 1. The number of aliphatic hydroxyl groups excluding tert-OH is 3. The highest BCUT2D eigenvalue weighted by Gasteiger charge is 2.39. The molecule has 5 atom stereocenters. The second-order valence-corrected chi connectivity index (χ2v) is 7.76. The first-order valence-corrected chi connectivity index (χ1v) is 10.5. The number of hydrogen-bond donors (Lipinski definition) is 3. The lowest BCUT2D eigenvalue weighted by molar-refractivity contribution is -0.140. The van der Waals surface area contributed by atoms with Gasteiger partial charge in [0.25, 0.3) is 0 Å². The van der Waals surface area contributed by atoms with E-state index in [4.69, 9.17) is 0 Å². The number of ether oxygens (including phenoxy) is 1. The predicted octanol–water partition coefficient (Wildman–Crippen LogP) is 3.18. The van der Waals surface area contributed by atoms with E-state index in [0.717, 1.165) is 19.3 Å². The van der Waals surface area contributed by atoms with Crippen LogP contribution in [0.15, 0.2) is 54.6 Å². The van der Waals surface area contributed by atoms with E-state index in [1.165, 1.54) is 12.7 Å². The molecule has 3 N–H and O–H groups in total. The predicted molar refractivity (Wildman–Crippen MR) is 113 cm³/mol. The third-order valence-corrected chi connectivity index (χ3v) is 5.60.